The second-order valence-corrected chi connectivity index (χ2v) is 8.48. The third-order valence-electron chi connectivity index (χ3n) is 4.25. The minimum Gasteiger partial charge on any atom is -0.312 e. The maximum Gasteiger partial charge on any atom is 0.228 e. The smallest absolute Gasteiger partial charge is 0.228 e. The van der Waals surface area contributed by atoms with Crippen LogP contribution in [-0.4, -0.2) is 70.1 Å². The average Bonchev–Trinajstić information content (AvgIpc) is 2.52. The second kappa shape index (κ2) is 8.09. The number of amides is 1. The largest absolute Gasteiger partial charge is 0.312 e. The lowest BCUT2D eigenvalue weighted by Crippen LogP contribution is -2.41. The van der Waals surface area contributed by atoms with Gasteiger partial charge in [-0.1, -0.05) is 18.2 Å². The zero-order valence-electron chi connectivity index (χ0n) is 14.7. The molecule has 0 radical (unpaired) electrons. The number of para-hydroxylation sites is 1. The van der Waals surface area contributed by atoms with E-state index in [0.717, 1.165) is 18.5 Å². The Balaban J connectivity index is 2.01. The van der Waals surface area contributed by atoms with Crippen LogP contribution in [0.4, 0.5) is 5.69 Å². The van der Waals surface area contributed by atoms with Gasteiger partial charge in [0.1, 0.15) is 0 Å². The van der Waals surface area contributed by atoms with E-state index in [1.165, 1.54) is 16.1 Å². The predicted molar refractivity (Wildman–Crippen MR) is 96.7 cm³/mol. The maximum atomic E-state index is 12.6. The van der Waals surface area contributed by atoms with Crippen molar-refractivity contribution in [2.45, 2.75) is 19.3 Å². The molecule has 0 unspecified atom stereocenters. The molecule has 0 atom stereocenters. The van der Waals surface area contributed by atoms with Crippen LogP contribution < -0.4 is 4.90 Å². The van der Waals surface area contributed by atoms with Gasteiger partial charge in [0.15, 0.2) is 0 Å². The van der Waals surface area contributed by atoms with E-state index in [9.17, 15) is 13.2 Å². The summed E-state index contributed by atoms with van der Waals surface area (Å²) >= 11 is 0. The molecule has 6 nitrogen and oxygen atoms in total. The molecule has 0 bridgehead atoms. The second-order valence-electron chi connectivity index (χ2n) is 6.49. The molecular formula is C17H27N3O3S. The Morgan fingerprint density at radius 1 is 1.17 bits per heavy atom. The highest BCUT2D eigenvalue weighted by atomic mass is 32.2. The highest BCUT2D eigenvalue weighted by molar-refractivity contribution is 7.88. The van der Waals surface area contributed by atoms with Crippen LogP contribution in [-0.2, 0) is 21.2 Å². The first-order valence-corrected chi connectivity index (χ1v) is 10.1. The Labute approximate surface area is 145 Å². The van der Waals surface area contributed by atoms with Crippen LogP contribution in [0.1, 0.15) is 18.4 Å². The van der Waals surface area contributed by atoms with Crippen LogP contribution in [0.3, 0.4) is 0 Å². The molecule has 0 saturated heterocycles. The zero-order valence-corrected chi connectivity index (χ0v) is 15.6. The van der Waals surface area contributed by atoms with Gasteiger partial charge in [-0.15, -0.1) is 0 Å². The topological polar surface area (TPSA) is 60.9 Å². The first-order valence-electron chi connectivity index (χ1n) is 8.27. The van der Waals surface area contributed by atoms with Crippen LogP contribution >= 0.6 is 0 Å². The van der Waals surface area contributed by atoms with Gasteiger partial charge >= 0.3 is 0 Å². The zero-order chi connectivity index (χ0) is 17.7. The number of nitrogens with zero attached hydrogens (tertiary/aromatic N) is 3. The van der Waals surface area contributed by atoms with Crippen molar-refractivity contribution < 1.29 is 13.2 Å². The number of aryl methyl sites for hydroxylation is 1. The average molecular weight is 353 g/mol. The molecular weight excluding hydrogens is 326 g/mol. The lowest BCUT2D eigenvalue weighted by molar-refractivity contribution is -0.118. The molecule has 7 heteroatoms. The molecule has 0 saturated carbocycles. The quantitative estimate of drug-likeness (QED) is 0.738. The third kappa shape index (κ3) is 5.03. The summed E-state index contributed by atoms with van der Waals surface area (Å²) in [7, 11) is 0.487. The molecule has 2 rings (SSSR count). The Hall–Kier alpha value is -1.44. The molecule has 0 fully saturated rings. The van der Waals surface area contributed by atoms with E-state index in [0.29, 0.717) is 19.6 Å². The van der Waals surface area contributed by atoms with Crippen LogP contribution in [0.2, 0.25) is 0 Å². The summed E-state index contributed by atoms with van der Waals surface area (Å²) in [5.74, 6) is -0.0133. The fourth-order valence-corrected chi connectivity index (χ4v) is 3.74. The fraction of sp³-hybridized carbons (Fsp3) is 0.588. The molecule has 1 aliphatic heterocycles. The van der Waals surface area contributed by atoms with Gasteiger partial charge in [-0.25, -0.2) is 12.7 Å². The van der Waals surface area contributed by atoms with Gasteiger partial charge in [0, 0.05) is 38.3 Å². The number of rotatable bonds is 7. The number of anilines is 1. The predicted octanol–water partition coefficient (Wildman–Crippen LogP) is 1.18. The van der Waals surface area contributed by atoms with E-state index in [-0.39, 0.29) is 18.9 Å². The first kappa shape index (κ1) is 18.9. The van der Waals surface area contributed by atoms with Gasteiger partial charge in [0.05, 0.1) is 6.26 Å². The summed E-state index contributed by atoms with van der Waals surface area (Å²) < 4.78 is 25.2. The Kier molecular flexibility index (Phi) is 6.37. The minimum atomic E-state index is -3.31. The molecule has 0 aromatic heterocycles. The van der Waals surface area contributed by atoms with Gasteiger partial charge in [-0.2, -0.15) is 0 Å². The van der Waals surface area contributed by atoms with Crippen molar-refractivity contribution in [2.24, 2.45) is 0 Å². The molecule has 1 amide bonds. The van der Waals surface area contributed by atoms with E-state index in [4.69, 9.17) is 0 Å². The molecule has 1 aromatic rings. The van der Waals surface area contributed by atoms with Crippen LogP contribution in [0, 0.1) is 0 Å². The van der Waals surface area contributed by atoms with E-state index in [2.05, 4.69) is 6.07 Å². The number of carbonyl (C=O) groups excluding carboxylic acids is 1. The molecule has 134 valence electrons. The van der Waals surface area contributed by atoms with Crippen LogP contribution in [0.15, 0.2) is 24.3 Å². The number of sulfonamides is 1. The van der Waals surface area contributed by atoms with Gasteiger partial charge in [-0.3, -0.25) is 4.79 Å². The monoisotopic (exact) mass is 353 g/mol. The van der Waals surface area contributed by atoms with Gasteiger partial charge < -0.3 is 9.80 Å². The normalized spacial score (nSPS) is 15.0. The maximum absolute atomic E-state index is 12.6. The number of carbonyl (C=O) groups is 1. The Bertz CT molecular complexity index is 673. The van der Waals surface area contributed by atoms with Crippen molar-refractivity contribution in [1.29, 1.82) is 0 Å². The van der Waals surface area contributed by atoms with E-state index >= 15 is 0 Å². The highest BCUT2D eigenvalue weighted by Crippen LogP contribution is 2.27. The van der Waals surface area contributed by atoms with Crippen molar-refractivity contribution in [2.75, 3.05) is 51.4 Å². The summed E-state index contributed by atoms with van der Waals surface area (Å²) in [6, 6.07) is 7.94. The molecule has 0 aliphatic carbocycles. The number of hydrogen-bond donors (Lipinski definition) is 0. The number of fused-ring (bicyclic) bond motifs is 1. The fourth-order valence-electron chi connectivity index (χ4n) is 2.90. The lowest BCUT2D eigenvalue weighted by Gasteiger charge is -2.30. The van der Waals surface area contributed by atoms with Crippen LogP contribution in [0.5, 0.6) is 0 Å². The summed E-state index contributed by atoms with van der Waals surface area (Å²) in [6.07, 6.45) is 3.33. The summed E-state index contributed by atoms with van der Waals surface area (Å²) in [6.45, 7) is 1.96. The number of benzene rings is 1. The van der Waals surface area contributed by atoms with Crippen LogP contribution in [0.25, 0.3) is 0 Å². The minimum absolute atomic E-state index is 0.0133. The standard InChI is InChI=1S/C17H27N3O3S/c1-18(2)13-14-19(24(3,22)23)12-10-17(21)20-11-6-8-15-7-4-5-9-16(15)20/h4-5,7,9H,6,8,10-14H2,1-3H3. The summed E-state index contributed by atoms with van der Waals surface area (Å²) in [4.78, 5) is 16.4. The summed E-state index contributed by atoms with van der Waals surface area (Å²) in [5.41, 5.74) is 2.15. The number of likely N-dealkylation sites (N-methyl/N-ethyl adjacent to an activating group) is 1. The lowest BCUT2D eigenvalue weighted by atomic mass is 10.0. The van der Waals surface area contributed by atoms with Crippen molar-refractivity contribution in [3.8, 4) is 0 Å². The Morgan fingerprint density at radius 2 is 1.88 bits per heavy atom. The molecule has 1 aromatic carbocycles. The summed E-state index contributed by atoms with van der Waals surface area (Å²) in [5, 5.41) is 0. The van der Waals surface area contributed by atoms with E-state index < -0.39 is 10.0 Å². The van der Waals surface area contributed by atoms with E-state index in [1.807, 2.05) is 37.2 Å². The van der Waals surface area contributed by atoms with Crippen molar-refractivity contribution in [3.05, 3.63) is 29.8 Å². The number of hydrogen-bond acceptors (Lipinski definition) is 4. The van der Waals surface area contributed by atoms with E-state index in [1.54, 1.807) is 4.90 Å². The molecule has 1 aliphatic rings. The highest BCUT2D eigenvalue weighted by Gasteiger charge is 2.24. The van der Waals surface area contributed by atoms with Gasteiger partial charge in [0.25, 0.3) is 0 Å². The van der Waals surface area contributed by atoms with Crippen molar-refractivity contribution in [3.63, 3.8) is 0 Å². The molecule has 0 N–H and O–H groups in total. The van der Waals surface area contributed by atoms with Gasteiger partial charge in [-0.05, 0) is 38.6 Å². The van der Waals surface area contributed by atoms with Crippen molar-refractivity contribution in [1.82, 2.24) is 9.21 Å². The SMILES string of the molecule is CN(C)CCN(CCC(=O)N1CCCc2ccccc21)S(C)(=O)=O. The van der Waals surface area contributed by atoms with Crippen molar-refractivity contribution >= 4 is 21.6 Å². The first-order chi connectivity index (χ1) is 11.3. The molecule has 1 heterocycles. The third-order valence-corrected chi connectivity index (χ3v) is 5.56. The Morgan fingerprint density at radius 3 is 2.54 bits per heavy atom. The molecule has 24 heavy (non-hydrogen) atoms. The van der Waals surface area contributed by atoms with Gasteiger partial charge in [0.2, 0.25) is 15.9 Å². The molecule has 0 spiro atoms.